The second-order valence-electron chi connectivity index (χ2n) is 4.04. The smallest absolute Gasteiger partial charge is 0.129 e. The molecule has 0 bridgehead atoms. The molecule has 0 aliphatic heterocycles. The molecule has 20 heavy (non-hydrogen) atoms. The molecule has 0 aliphatic rings. The number of nitrogens with one attached hydrogen (secondary N) is 1. The maximum Gasteiger partial charge on any atom is 0.129 e. The van der Waals surface area contributed by atoms with Gasteiger partial charge in [-0.25, -0.2) is 0 Å². The molecule has 2 aromatic carbocycles. The van der Waals surface area contributed by atoms with Crippen molar-refractivity contribution in [2.75, 3.05) is 11.1 Å². The third-order valence-corrected chi connectivity index (χ3v) is 4.15. The van der Waals surface area contributed by atoms with Gasteiger partial charge in [-0.15, -0.1) is 0 Å². The van der Waals surface area contributed by atoms with E-state index in [1.54, 1.807) is 24.3 Å². The van der Waals surface area contributed by atoms with Gasteiger partial charge in [-0.2, -0.15) is 8.75 Å². The number of hydrogen-bond donors (Lipinski definition) is 2. The van der Waals surface area contributed by atoms with Crippen molar-refractivity contribution in [1.29, 1.82) is 0 Å². The fourth-order valence-electron chi connectivity index (χ4n) is 1.78. The maximum absolute atomic E-state index is 6.21. The lowest BCUT2D eigenvalue weighted by molar-refractivity contribution is 1.54. The molecular weight excluding hydrogens is 339 g/mol. The minimum absolute atomic E-state index is 0.409. The normalized spacial score (nSPS) is 10.9. The largest absolute Gasteiger partial charge is 0.399 e. The summed E-state index contributed by atoms with van der Waals surface area (Å²) in [6, 6.07) is 6.78. The number of nitrogens with two attached hydrogens (primary N) is 1. The predicted octanol–water partition coefficient (Wildman–Crippen LogP) is 4.98. The third-order valence-electron chi connectivity index (χ3n) is 2.69. The van der Waals surface area contributed by atoms with Gasteiger partial charge in [-0.1, -0.05) is 34.8 Å². The minimum atomic E-state index is 0.409. The Bertz CT molecular complexity index is 779. The monoisotopic (exact) mass is 344 g/mol. The van der Waals surface area contributed by atoms with E-state index in [-0.39, 0.29) is 0 Å². The van der Waals surface area contributed by atoms with Crippen molar-refractivity contribution in [1.82, 2.24) is 8.75 Å². The Morgan fingerprint density at radius 1 is 0.950 bits per heavy atom. The molecule has 0 fully saturated rings. The molecule has 0 radical (unpaired) electrons. The Morgan fingerprint density at radius 2 is 1.65 bits per heavy atom. The molecule has 0 spiro atoms. The van der Waals surface area contributed by atoms with E-state index in [9.17, 15) is 0 Å². The topological polar surface area (TPSA) is 63.8 Å². The number of nitrogen functional groups attached to an aromatic ring is 1. The number of fused-ring (bicyclic) bond motifs is 1. The van der Waals surface area contributed by atoms with Crippen LogP contribution in [0.4, 0.5) is 17.1 Å². The zero-order valence-electron chi connectivity index (χ0n) is 9.82. The first-order chi connectivity index (χ1) is 9.56. The second-order valence-corrected chi connectivity index (χ2v) is 5.79. The van der Waals surface area contributed by atoms with Crippen LogP contribution < -0.4 is 11.1 Å². The van der Waals surface area contributed by atoms with Crippen LogP contribution in [0.2, 0.25) is 15.1 Å². The van der Waals surface area contributed by atoms with Crippen LogP contribution in [-0.4, -0.2) is 8.75 Å². The summed E-state index contributed by atoms with van der Waals surface area (Å²) in [5, 5.41) is 4.44. The Kier molecular flexibility index (Phi) is 3.60. The van der Waals surface area contributed by atoms with Gasteiger partial charge in [0.15, 0.2) is 0 Å². The standard InChI is InChI=1S/C12H7Cl3N4S/c13-6-1-2-9-12(19-20-18-9)11(6)17-10-7(14)3-5(16)4-8(10)15/h1-4,17H,16H2. The van der Waals surface area contributed by atoms with Gasteiger partial charge in [-0.05, 0) is 24.3 Å². The molecule has 0 aliphatic carbocycles. The average molecular weight is 346 g/mol. The molecule has 4 nitrogen and oxygen atoms in total. The number of anilines is 3. The fourth-order valence-corrected chi connectivity index (χ4v) is 3.12. The van der Waals surface area contributed by atoms with E-state index in [0.717, 1.165) is 17.2 Å². The lowest BCUT2D eigenvalue weighted by Gasteiger charge is -2.12. The Hall–Kier alpha value is -1.27. The summed E-state index contributed by atoms with van der Waals surface area (Å²) in [5.74, 6) is 0. The first-order valence-electron chi connectivity index (χ1n) is 5.48. The van der Waals surface area contributed by atoms with Crippen LogP contribution in [0.3, 0.4) is 0 Å². The van der Waals surface area contributed by atoms with E-state index < -0.39 is 0 Å². The lowest BCUT2D eigenvalue weighted by atomic mass is 10.2. The van der Waals surface area contributed by atoms with E-state index >= 15 is 0 Å². The van der Waals surface area contributed by atoms with Gasteiger partial charge in [-0.3, -0.25) is 0 Å². The van der Waals surface area contributed by atoms with Gasteiger partial charge in [0, 0.05) is 5.69 Å². The number of aromatic nitrogens is 2. The van der Waals surface area contributed by atoms with Crippen molar-refractivity contribution in [3.8, 4) is 0 Å². The Balaban J connectivity index is 2.14. The first kappa shape index (κ1) is 13.7. The molecule has 8 heteroatoms. The number of rotatable bonds is 2. The first-order valence-corrected chi connectivity index (χ1v) is 7.35. The summed E-state index contributed by atoms with van der Waals surface area (Å²) in [6.45, 7) is 0. The molecule has 0 saturated carbocycles. The highest BCUT2D eigenvalue weighted by Gasteiger charge is 2.14. The highest BCUT2D eigenvalue weighted by molar-refractivity contribution is 7.00. The van der Waals surface area contributed by atoms with Gasteiger partial charge < -0.3 is 11.1 Å². The number of hydrogen-bond acceptors (Lipinski definition) is 5. The van der Waals surface area contributed by atoms with Crippen molar-refractivity contribution in [2.45, 2.75) is 0 Å². The van der Waals surface area contributed by atoms with Crippen LogP contribution in [-0.2, 0) is 0 Å². The van der Waals surface area contributed by atoms with E-state index in [2.05, 4.69) is 14.1 Å². The number of nitrogens with zero attached hydrogens (tertiary/aromatic N) is 2. The zero-order chi connectivity index (χ0) is 14.3. The van der Waals surface area contributed by atoms with Crippen molar-refractivity contribution in [3.05, 3.63) is 39.3 Å². The molecule has 1 aromatic heterocycles. The third kappa shape index (κ3) is 2.38. The van der Waals surface area contributed by atoms with Gasteiger partial charge in [0.25, 0.3) is 0 Å². The van der Waals surface area contributed by atoms with Gasteiger partial charge in [0.1, 0.15) is 11.0 Å². The summed E-state index contributed by atoms with van der Waals surface area (Å²) < 4.78 is 8.39. The molecule has 3 N–H and O–H groups in total. The predicted molar refractivity (Wildman–Crippen MR) is 86.6 cm³/mol. The lowest BCUT2D eigenvalue weighted by Crippen LogP contribution is -1.96. The van der Waals surface area contributed by atoms with Gasteiger partial charge in [0.2, 0.25) is 0 Å². The van der Waals surface area contributed by atoms with E-state index in [1.165, 1.54) is 0 Å². The van der Waals surface area contributed by atoms with Crippen LogP contribution in [0.25, 0.3) is 11.0 Å². The Morgan fingerprint density at radius 3 is 2.35 bits per heavy atom. The van der Waals surface area contributed by atoms with E-state index in [1.807, 2.05) is 0 Å². The summed E-state index contributed by atoms with van der Waals surface area (Å²) >= 11 is 19.6. The highest BCUT2D eigenvalue weighted by atomic mass is 35.5. The zero-order valence-corrected chi connectivity index (χ0v) is 12.9. The van der Waals surface area contributed by atoms with Crippen molar-refractivity contribution >= 4 is 74.6 Å². The van der Waals surface area contributed by atoms with Gasteiger partial charge >= 0.3 is 0 Å². The minimum Gasteiger partial charge on any atom is -0.399 e. The maximum atomic E-state index is 6.21. The molecule has 0 saturated heterocycles. The quantitative estimate of drug-likeness (QED) is 0.643. The fraction of sp³-hybridized carbons (Fsp3) is 0. The molecule has 102 valence electrons. The van der Waals surface area contributed by atoms with E-state index in [4.69, 9.17) is 40.5 Å². The molecule has 0 unspecified atom stereocenters. The summed E-state index contributed by atoms with van der Waals surface area (Å²) in [4.78, 5) is 0. The second kappa shape index (κ2) is 5.26. The summed E-state index contributed by atoms with van der Waals surface area (Å²) in [6.07, 6.45) is 0. The molecule has 1 heterocycles. The van der Waals surface area contributed by atoms with Gasteiger partial charge in [0.05, 0.1) is 38.2 Å². The van der Waals surface area contributed by atoms with Crippen molar-refractivity contribution in [2.24, 2.45) is 0 Å². The molecule has 0 amide bonds. The SMILES string of the molecule is Nc1cc(Cl)c(Nc2c(Cl)ccc3nsnc23)c(Cl)c1. The number of halogens is 3. The van der Waals surface area contributed by atoms with E-state index in [0.29, 0.717) is 37.6 Å². The average Bonchev–Trinajstić information content (AvgIpc) is 2.84. The summed E-state index contributed by atoms with van der Waals surface area (Å²) in [5.41, 5.74) is 8.75. The van der Waals surface area contributed by atoms with Crippen LogP contribution in [0.1, 0.15) is 0 Å². The highest BCUT2D eigenvalue weighted by Crippen LogP contribution is 2.39. The molecular formula is C12H7Cl3N4S. The van der Waals surface area contributed by atoms with Crippen LogP contribution >= 0.6 is 46.5 Å². The number of benzene rings is 2. The Labute approximate surface area is 133 Å². The molecule has 3 aromatic rings. The molecule has 0 atom stereocenters. The van der Waals surface area contributed by atoms with Crippen molar-refractivity contribution < 1.29 is 0 Å². The van der Waals surface area contributed by atoms with Crippen LogP contribution in [0.15, 0.2) is 24.3 Å². The summed E-state index contributed by atoms with van der Waals surface area (Å²) in [7, 11) is 0. The van der Waals surface area contributed by atoms with Crippen LogP contribution in [0, 0.1) is 0 Å². The van der Waals surface area contributed by atoms with Crippen LogP contribution in [0.5, 0.6) is 0 Å². The molecule has 3 rings (SSSR count). The van der Waals surface area contributed by atoms with Crippen molar-refractivity contribution in [3.63, 3.8) is 0 Å².